The lowest BCUT2D eigenvalue weighted by molar-refractivity contribution is 0.198. The molecule has 0 atom stereocenters. The summed E-state index contributed by atoms with van der Waals surface area (Å²) in [7, 11) is 2.06. The van der Waals surface area contributed by atoms with Crippen LogP contribution >= 0.6 is 30.1 Å². The monoisotopic (exact) mass is 324 g/mol. The fourth-order valence-electron chi connectivity index (χ4n) is 3.25. The molecule has 82 valence electrons. The van der Waals surface area contributed by atoms with E-state index in [0.717, 1.165) is 17.1 Å². The molecule has 0 aliphatic heterocycles. The van der Waals surface area contributed by atoms with Gasteiger partial charge in [-0.25, -0.2) is 0 Å². The van der Waals surface area contributed by atoms with Gasteiger partial charge in [0.1, 0.15) is 0 Å². The summed E-state index contributed by atoms with van der Waals surface area (Å²) in [5.41, 5.74) is 0. The Balaban J connectivity index is 1.76. The Morgan fingerprint density at radius 2 is 1.29 bits per heavy atom. The number of hydrogen-bond donors (Lipinski definition) is 0. The van der Waals surface area contributed by atoms with Crippen molar-refractivity contribution in [2.24, 2.45) is 11.8 Å². The zero-order valence-electron chi connectivity index (χ0n) is 8.88. The van der Waals surface area contributed by atoms with Gasteiger partial charge in [0.15, 0.2) is 0 Å². The van der Waals surface area contributed by atoms with Crippen LogP contribution in [0, 0.1) is 11.8 Å². The quantitative estimate of drug-likeness (QED) is 0.629. The molecule has 0 saturated heterocycles. The van der Waals surface area contributed by atoms with Gasteiger partial charge in [-0.05, 0) is 58.7 Å². The molecule has 0 bridgehead atoms. The molecule has 0 unspecified atom stereocenters. The van der Waals surface area contributed by atoms with Crippen molar-refractivity contribution in [3.8, 4) is 0 Å². The largest absolute Gasteiger partial charge is 0.0860 e. The third-order valence-electron chi connectivity index (χ3n) is 4.16. The summed E-state index contributed by atoms with van der Waals surface area (Å²) >= 11 is 2.48. The van der Waals surface area contributed by atoms with Crippen LogP contribution in [-0.4, -0.2) is 5.25 Å². The highest BCUT2D eigenvalue weighted by atomic mass is 127. The van der Waals surface area contributed by atoms with Crippen molar-refractivity contribution in [3.63, 3.8) is 0 Å². The van der Waals surface area contributed by atoms with Gasteiger partial charge in [-0.2, -0.15) is 0 Å². The molecule has 0 heterocycles. The summed E-state index contributed by atoms with van der Waals surface area (Å²) in [4.78, 5) is 0. The molecule has 2 heteroatoms. The summed E-state index contributed by atoms with van der Waals surface area (Å²) in [6, 6.07) is 0. The Bertz CT molecular complexity index is 158. The average Bonchev–Trinajstić information content (AvgIpc) is 2.30. The third kappa shape index (κ3) is 3.03. The second kappa shape index (κ2) is 5.97. The van der Waals surface area contributed by atoms with Crippen molar-refractivity contribution in [2.45, 2.75) is 63.0 Å². The van der Waals surface area contributed by atoms with Gasteiger partial charge in [-0.3, -0.25) is 0 Å². The Morgan fingerprint density at radius 1 is 0.714 bits per heavy atom. The minimum absolute atomic E-state index is 0.982. The average molecular weight is 324 g/mol. The first-order chi connectivity index (χ1) is 6.90. The van der Waals surface area contributed by atoms with Crippen LogP contribution in [0.4, 0.5) is 0 Å². The van der Waals surface area contributed by atoms with Gasteiger partial charge in [-0.15, -0.1) is 0 Å². The first kappa shape index (κ1) is 11.6. The van der Waals surface area contributed by atoms with Crippen molar-refractivity contribution in [3.05, 3.63) is 0 Å². The molecule has 0 aromatic carbocycles. The highest BCUT2D eigenvalue weighted by Gasteiger charge is 2.28. The van der Waals surface area contributed by atoms with Crippen molar-refractivity contribution in [1.29, 1.82) is 0 Å². The van der Waals surface area contributed by atoms with E-state index in [-0.39, 0.29) is 0 Å². The fraction of sp³-hybridized carbons (Fsp3) is 1.00. The fourth-order valence-corrected chi connectivity index (χ4v) is 5.23. The van der Waals surface area contributed by atoms with E-state index in [4.69, 9.17) is 0 Å². The Labute approximate surface area is 105 Å². The molecule has 0 N–H and O–H groups in total. The first-order valence-electron chi connectivity index (χ1n) is 6.17. The maximum Gasteiger partial charge on any atom is 0.0148 e. The molecule has 2 aliphatic rings. The number of hydrogen-bond acceptors (Lipinski definition) is 1. The highest BCUT2D eigenvalue weighted by Crippen LogP contribution is 2.41. The lowest BCUT2D eigenvalue weighted by atomic mass is 9.73. The van der Waals surface area contributed by atoms with E-state index >= 15 is 0 Å². The predicted molar refractivity (Wildman–Crippen MR) is 73.9 cm³/mol. The molecular weight excluding hydrogens is 303 g/mol. The topological polar surface area (TPSA) is 0 Å². The molecule has 2 fully saturated rings. The predicted octanol–water partition coefficient (Wildman–Crippen LogP) is 5.21. The maximum atomic E-state index is 2.48. The van der Waals surface area contributed by atoms with Crippen molar-refractivity contribution in [2.75, 3.05) is 0 Å². The van der Waals surface area contributed by atoms with Crippen molar-refractivity contribution >= 4 is 30.1 Å². The molecule has 2 saturated carbocycles. The van der Waals surface area contributed by atoms with Gasteiger partial charge >= 0.3 is 0 Å². The minimum atomic E-state index is 0.982. The van der Waals surface area contributed by atoms with E-state index in [1.165, 1.54) is 44.9 Å². The van der Waals surface area contributed by atoms with Crippen molar-refractivity contribution in [1.82, 2.24) is 0 Å². The molecule has 14 heavy (non-hydrogen) atoms. The lowest BCUT2D eigenvalue weighted by Gasteiger charge is -2.35. The van der Waals surface area contributed by atoms with Gasteiger partial charge in [0.05, 0.1) is 0 Å². The normalized spacial score (nSPS) is 35.8. The molecule has 0 aromatic heterocycles. The summed E-state index contributed by atoms with van der Waals surface area (Å²) < 4.78 is 0. The Morgan fingerprint density at radius 3 is 1.86 bits per heavy atom. The first-order valence-corrected chi connectivity index (χ1v) is 9.60. The molecule has 0 amide bonds. The van der Waals surface area contributed by atoms with Crippen LogP contribution in [0.5, 0.6) is 0 Å². The molecular formula is C12H21IS. The van der Waals surface area contributed by atoms with E-state index in [2.05, 4.69) is 30.1 Å². The van der Waals surface area contributed by atoms with Crippen LogP contribution in [0.2, 0.25) is 0 Å². The highest BCUT2D eigenvalue weighted by molar-refractivity contribution is 14.2. The van der Waals surface area contributed by atoms with Crippen molar-refractivity contribution < 1.29 is 0 Å². The van der Waals surface area contributed by atoms with E-state index in [9.17, 15) is 0 Å². The zero-order chi connectivity index (χ0) is 9.80. The van der Waals surface area contributed by atoms with Crippen LogP contribution in [-0.2, 0) is 0 Å². The van der Waals surface area contributed by atoms with E-state index in [0.29, 0.717) is 0 Å². The van der Waals surface area contributed by atoms with Gasteiger partial charge in [0, 0.05) is 5.25 Å². The van der Waals surface area contributed by atoms with Crippen LogP contribution in [0.15, 0.2) is 0 Å². The van der Waals surface area contributed by atoms with Crippen LogP contribution in [0.25, 0.3) is 0 Å². The van der Waals surface area contributed by atoms with E-state index in [1.807, 2.05) is 0 Å². The second-order valence-electron chi connectivity index (χ2n) is 5.02. The Kier molecular flexibility index (Phi) is 4.93. The molecule has 2 rings (SSSR count). The SMILES string of the molecule is ISC1CCC(C2CCCCC2)CC1. The Hall–Kier alpha value is 1.08. The van der Waals surface area contributed by atoms with E-state index < -0.39 is 0 Å². The smallest absolute Gasteiger partial charge is 0.0148 e. The molecule has 0 aromatic rings. The van der Waals surface area contributed by atoms with Gasteiger partial charge in [-0.1, -0.05) is 41.0 Å². The summed E-state index contributed by atoms with van der Waals surface area (Å²) in [5, 5.41) is 0.982. The molecule has 0 spiro atoms. The summed E-state index contributed by atoms with van der Waals surface area (Å²) in [5.74, 6) is 2.22. The maximum absolute atomic E-state index is 2.48. The summed E-state index contributed by atoms with van der Waals surface area (Å²) in [6.45, 7) is 0. The molecule has 2 aliphatic carbocycles. The van der Waals surface area contributed by atoms with Gasteiger partial charge < -0.3 is 0 Å². The lowest BCUT2D eigenvalue weighted by Crippen LogP contribution is -2.24. The van der Waals surface area contributed by atoms with Crippen LogP contribution in [0.1, 0.15) is 57.8 Å². The van der Waals surface area contributed by atoms with Gasteiger partial charge in [0.2, 0.25) is 0 Å². The number of rotatable bonds is 2. The molecule has 0 nitrogen and oxygen atoms in total. The van der Waals surface area contributed by atoms with Crippen LogP contribution in [0.3, 0.4) is 0 Å². The summed E-state index contributed by atoms with van der Waals surface area (Å²) in [6.07, 6.45) is 13.7. The number of halogens is 1. The third-order valence-corrected chi connectivity index (χ3v) is 7.04. The molecule has 0 radical (unpaired) electrons. The second-order valence-corrected chi connectivity index (χ2v) is 7.39. The van der Waals surface area contributed by atoms with E-state index in [1.54, 1.807) is 12.8 Å². The standard InChI is InChI=1S/C12H21IS/c13-14-12-8-6-11(7-9-12)10-4-2-1-3-5-10/h10-12H,1-9H2. The van der Waals surface area contributed by atoms with Gasteiger partial charge in [0.25, 0.3) is 0 Å². The minimum Gasteiger partial charge on any atom is -0.0860 e. The zero-order valence-corrected chi connectivity index (χ0v) is 11.9. The van der Waals surface area contributed by atoms with Crippen LogP contribution < -0.4 is 0 Å².